The fourth-order valence-corrected chi connectivity index (χ4v) is 4.68. The van der Waals surface area contributed by atoms with E-state index in [9.17, 15) is 8.42 Å². The SMILES string of the molecule is COc1ccc(CCCN2CCN(S(=O)(=O)c3ccccc3)CC2)cc1. The maximum Gasteiger partial charge on any atom is 0.243 e. The van der Waals surface area contributed by atoms with Crippen LogP contribution in [-0.4, -0.2) is 57.5 Å². The molecule has 1 heterocycles. The molecule has 0 unspecified atom stereocenters. The van der Waals surface area contributed by atoms with E-state index in [1.165, 1.54) is 5.56 Å². The Balaban J connectivity index is 1.45. The van der Waals surface area contributed by atoms with E-state index in [2.05, 4.69) is 17.0 Å². The number of hydrogen-bond acceptors (Lipinski definition) is 4. The normalized spacial score (nSPS) is 16.5. The minimum atomic E-state index is -3.36. The zero-order valence-corrected chi connectivity index (χ0v) is 16.0. The summed E-state index contributed by atoms with van der Waals surface area (Å²) >= 11 is 0. The molecule has 0 saturated carbocycles. The highest BCUT2D eigenvalue weighted by molar-refractivity contribution is 7.89. The molecule has 0 N–H and O–H groups in total. The Hall–Kier alpha value is -1.89. The first-order chi connectivity index (χ1) is 12.6. The summed E-state index contributed by atoms with van der Waals surface area (Å²) in [7, 11) is -1.69. The van der Waals surface area contributed by atoms with E-state index in [-0.39, 0.29) is 0 Å². The number of piperazine rings is 1. The number of benzene rings is 2. The molecule has 3 rings (SSSR count). The summed E-state index contributed by atoms with van der Waals surface area (Å²) in [6.45, 7) is 3.67. The van der Waals surface area contributed by atoms with Gasteiger partial charge in [-0.1, -0.05) is 30.3 Å². The number of methoxy groups -OCH3 is 1. The van der Waals surface area contributed by atoms with Crippen molar-refractivity contribution < 1.29 is 13.2 Å². The van der Waals surface area contributed by atoms with Crippen molar-refractivity contribution in [1.29, 1.82) is 0 Å². The second-order valence-electron chi connectivity index (χ2n) is 6.51. The van der Waals surface area contributed by atoms with E-state index in [4.69, 9.17) is 4.74 Å². The molecule has 0 aromatic heterocycles. The lowest BCUT2D eigenvalue weighted by Gasteiger charge is -2.34. The van der Waals surface area contributed by atoms with Crippen LogP contribution in [-0.2, 0) is 16.4 Å². The Morgan fingerprint density at radius 1 is 0.923 bits per heavy atom. The Labute approximate surface area is 156 Å². The summed E-state index contributed by atoms with van der Waals surface area (Å²) in [6.07, 6.45) is 2.09. The molecule has 0 amide bonds. The highest BCUT2D eigenvalue weighted by Crippen LogP contribution is 2.18. The first kappa shape index (κ1) is 18.9. The van der Waals surface area contributed by atoms with Crippen LogP contribution in [0.1, 0.15) is 12.0 Å². The average Bonchev–Trinajstić information content (AvgIpc) is 2.69. The lowest BCUT2D eigenvalue weighted by Crippen LogP contribution is -2.48. The van der Waals surface area contributed by atoms with Gasteiger partial charge in [0.2, 0.25) is 10.0 Å². The van der Waals surface area contributed by atoms with E-state index >= 15 is 0 Å². The Morgan fingerprint density at radius 2 is 1.58 bits per heavy atom. The third kappa shape index (κ3) is 4.63. The maximum atomic E-state index is 12.6. The molecule has 1 aliphatic rings. The van der Waals surface area contributed by atoms with Gasteiger partial charge in [-0.15, -0.1) is 0 Å². The van der Waals surface area contributed by atoms with Crippen LogP contribution in [0.5, 0.6) is 5.75 Å². The van der Waals surface area contributed by atoms with Crippen molar-refractivity contribution in [2.75, 3.05) is 39.8 Å². The van der Waals surface area contributed by atoms with E-state index in [1.807, 2.05) is 18.2 Å². The number of ether oxygens (including phenoxy) is 1. The van der Waals surface area contributed by atoms with Crippen LogP contribution < -0.4 is 4.74 Å². The lowest BCUT2D eigenvalue weighted by molar-refractivity contribution is 0.187. The van der Waals surface area contributed by atoms with Gasteiger partial charge < -0.3 is 9.64 Å². The Morgan fingerprint density at radius 3 is 2.19 bits per heavy atom. The second kappa shape index (κ2) is 8.66. The molecule has 0 spiro atoms. The van der Waals surface area contributed by atoms with Gasteiger partial charge in [0.1, 0.15) is 5.75 Å². The monoisotopic (exact) mass is 374 g/mol. The van der Waals surface area contributed by atoms with Crippen molar-refractivity contribution >= 4 is 10.0 Å². The zero-order valence-electron chi connectivity index (χ0n) is 15.2. The molecule has 5 nitrogen and oxygen atoms in total. The maximum absolute atomic E-state index is 12.6. The predicted molar refractivity (Wildman–Crippen MR) is 103 cm³/mol. The average molecular weight is 375 g/mol. The molecule has 6 heteroatoms. The quantitative estimate of drug-likeness (QED) is 0.748. The van der Waals surface area contributed by atoms with Crippen LogP contribution in [0.4, 0.5) is 0 Å². The van der Waals surface area contributed by atoms with Crippen LogP contribution in [0.25, 0.3) is 0 Å². The number of nitrogens with zero attached hydrogens (tertiary/aromatic N) is 2. The highest BCUT2D eigenvalue weighted by atomic mass is 32.2. The van der Waals surface area contributed by atoms with Gasteiger partial charge in [-0.25, -0.2) is 8.42 Å². The molecule has 0 aliphatic carbocycles. The third-order valence-electron chi connectivity index (χ3n) is 4.81. The smallest absolute Gasteiger partial charge is 0.243 e. The van der Waals surface area contributed by atoms with Gasteiger partial charge in [0.05, 0.1) is 12.0 Å². The molecule has 1 saturated heterocycles. The van der Waals surface area contributed by atoms with Gasteiger partial charge in [0.15, 0.2) is 0 Å². The molecule has 0 bridgehead atoms. The minimum absolute atomic E-state index is 0.382. The lowest BCUT2D eigenvalue weighted by atomic mass is 10.1. The van der Waals surface area contributed by atoms with Crippen molar-refractivity contribution in [3.05, 3.63) is 60.2 Å². The summed E-state index contributed by atoms with van der Waals surface area (Å²) < 4.78 is 32.1. The Bertz CT molecular complexity index is 784. The van der Waals surface area contributed by atoms with E-state index in [1.54, 1.807) is 35.7 Å². The molecule has 0 radical (unpaired) electrons. The van der Waals surface area contributed by atoms with Crippen LogP contribution in [0, 0.1) is 0 Å². The number of rotatable bonds is 7. The summed E-state index contributed by atoms with van der Waals surface area (Å²) in [4.78, 5) is 2.73. The molecule has 0 atom stereocenters. The topological polar surface area (TPSA) is 49.9 Å². The first-order valence-electron chi connectivity index (χ1n) is 9.00. The molecule has 26 heavy (non-hydrogen) atoms. The molecular formula is C20H26N2O3S. The summed E-state index contributed by atoms with van der Waals surface area (Å²) in [5.41, 5.74) is 1.30. The van der Waals surface area contributed by atoms with Crippen molar-refractivity contribution in [2.45, 2.75) is 17.7 Å². The van der Waals surface area contributed by atoms with Crippen molar-refractivity contribution in [1.82, 2.24) is 9.21 Å². The summed E-state index contributed by atoms with van der Waals surface area (Å²) in [5.74, 6) is 0.879. The number of aryl methyl sites for hydroxylation is 1. The highest BCUT2D eigenvalue weighted by Gasteiger charge is 2.27. The van der Waals surface area contributed by atoms with Gasteiger partial charge in [0.25, 0.3) is 0 Å². The van der Waals surface area contributed by atoms with Crippen LogP contribution in [0.3, 0.4) is 0 Å². The number of hydrogen-bond donors (Lipinski definition) is 0. The molecule has 2 aromatic carbocycles. The van der Waals surface area contributed by atoms with Gasteiger partial charge in [0, 0.05) is 26.2 Å². The van der Waals surface area contributed by atoms with Crippen LogP contribution in [0.2, 0.25) is 0 Å². The Kier molecular flexibility index (Phi) is 6.29. The summed E-state index contributed by atoms with van der Waals surface area (Å²) in [6, 6.07) is 16.9. The standard InChI is InChI=1S/C20H26N2O3S/c1-25-19-11-9-18(10-12-19)6-5-13-21-14-16-22(17-15-21)26(23,24)20-7-3-2-4-8-20/h2-4,7-12H,5-6,13-17H2,1H3. The fraction of sp³-hybridized carbons (Fsp3) is 0.400. The van der Waals surface area contributed by atoms with Crippen LogP contribution >= 0.6 is 0 Å². The predicted octanol–water partition coefficient (Wildman–Crippen LogP) is 2.63. The minimum Gasteiger partial charge on any atom is -0.497 e. The van der Waals surface area contributed by atoms with Gasteiger partial charge in [-0.2, -0.15) is 4.31 Å². The molecule has 1 fully saturated rings. The first-order valence-corrected chi connectivity index (χ1v) is 10.4. The second-order valence-corrected chi connectivity index (χ2v) is 8.45. The van der Waals surface area contributed by atoms with Gasteiger partial charge in [-0.05, 0) is 49.2 Å². The molecule has 1 aliphatic heterocycles. The van der Waals surface area contributed by atoms with Gasteiger partial charge in [-0.3, -0.25) is 0 Å². The van der Waals surface area contributed by atoms with Crippen LogP contribution in [0.15, 0.2) is 59.5 Å². The zero-order chi connectivity index (χ0) is 18.4. The fourth-order valence-electron chi connectivity index (χ4n) is 3.23. The molecular weight excluding hydrogens is 348 g/mol. The van der Waals surface area contributed by atoms with E-state index in [0.717, 1.165) is 38.2 Å². The molecule has 140 valence electrons. The third-order valence-corrected chi connectivity index (χ3v) is 6.72. The van der Waals surface area contributed by atoms with Gasteiger partial charge >= 0.3 is 0 Å². The van der Waals surface area contributed by atoms with E-state index < -0.39 is 10.0 Å². The van der Waals surface area contributed by atoms with Crippen molar-refractivity contribution in [2.24, 2.45) is 0 Å². The number of sulfonamides is 1. The van der Waals surface area contributed by atoms with E-state index in [0.29, 0.717) is 18.0 Å². The van der Waals surface area contributed by atoms with Crippen molar-refractivity contribution in [3.8, 4) is 5.75 Å². The molecule has 2 aromatic rings. The van der Waals surface area contributed by atoms with Crippen molar-refractivity contribution in [3.63, 3.8) is 0 Å². The largest absolute Gasteiger partial charge is 0.497 e. The summed E-state index contributed by atoms with van der Waals surface area (Å²) in [5, 5.41) is 0.